The van der Waals surface area contributed by atoms with Crippen molar-refractivity contribution in [3.8, 4) is 0 Å². The third-order valence-corrected chi connectivity index (χ3v) is 2.99. The monoisotopic (exact) mass is 224 g/mol. The van der Waals surface area contributed by atoms with Crippen LogP contribution in [0.15, 0.2) is 41.2 Å². The molecular weight excluding hydrogens is 212 g/mol. The molecule has 0 aliphatic rings. The molecule has 84 valence electrons. The molecule has 3 rings (SSSR count). The van der Waals surface area contributed by atoms with Gasteiger partial charge in [-0.15, -0.1) is 0 Å². The predicted molar refractivity (Wildman–Crippen MR) is 71.2 cm³/mol. The van der Waals surface area contributed by atoms with E-state index < -0.39 is 0 Å². The van der Waals surface area contributed by atoms with E-state index in [0.29, 0.717) is 16.5 Å². The lowest BCUT2D eigenvalue weighted by atomic mass is 10.1. The molecule has 3 aromatic rings. The molecule has 1 heterocycles. The number of aryl methyl sites for hydroxylation is 1. The van der Waals surface area contributed by atoms with Gasteiger partial charge in [0.05, 0.1) is 11.2 Å². The Labute approximate surface area is 97.9 Å². The Morgan fingerprint density at radius 3 is 2.71 bits per heavy atom. The topological polar surface area (TPSA) is 58.9 Å². The van der Waals surface area contributed by atoms with Crippen molar-refractivity contribution < 1.29 is 0 Å². The van der Waals surface area contributed by atoms with E-state index in [1.54, 1.807) is 0 Å². The highest BCUT2D eigenvalue weighted by molar-refractivity contribution is 5.97. The number of H-pyrrole nitrogens is 1. The van der Waals surface area contributed by atoms with Crippen LogP contribution in [0.2, 0.25) is 0 Å². The number of pyridine rings is 1. The third-order valence-electron chi connectivity index (χ3n) is 2.99. The van der Waals surface area contributed by atoms with E-state index in [0.717, 1.165) is 16.6 Å². The van der Waals surface area contributed by atoms with E-state index in [4.69, 9.17) is 5.73 Å². The van der Waals surface area contributed by atoms with Crippen molar-refractivity contribution in [3.63, 3.8) is 0 Å². The maximum absolute atomic E-state index is 12.3. The number of anilines is 1. The van der Waals surface area contributed by atoms with Crippen LogP contribution >= 0.6 is 0 Å². The SMILES string of the molecule is Cc1cc(N)c2[nH]c3ccccc3c(=O)c2c1. The molecule has 17 heavy (non-hydrogen) atoms. The minimum atomic E-state index is 0.0322. The molecule has 0 radical (unpaired) electrons. The first-order valence-electron chi connectivity index (χ1n) is 5.47. The molecule has 0 bridgehead atoms. The number of benzene rings is 2. The molecule has 3 N–H and O–H groups in total. The van der Waals surface area contributed by atoms with Crippen molar-refractivity contribution in [1.82, 2.24) is 4.98 Å². The van der Waals surface area contributed by atoms with Gasteiger partial charge >= 0.3 is 0 Å². The van der Waals surface area contributed by atoms with Gasteiger partial charge in [0.15, 0.2) is 5.43 Å². The standard InChI is InChI=1S/C14H12N2O/c1-8-6-10-13(11(15)7-8)16-12-5-3-2-4-9(12)14(10)17/h2-7H,15H2,1H3,(H,16,17). The van der Waals surface area contributed by atoms with Crippen LogP contribution in [-0.4, -0.2) is 4.98 Å². The van der Waals surface area contributed by atoms with E-state index in [1.807, 2.05) is 43.3 Å². The highest BCUT2D eigenvalue weighted by Crippen LogP contribution is 2.21. The van der Waals surface area contributed by atoms with E-state index >= 15 is 0 Å². The van der Waals surface area contributed by atoms with Crippen molar-refractivity contribution in [3.05, 3.63) is 52.2 Å². The Hall–Kier alpha value is -2.29. The van der Waals surface area contributed by atoms with Gasteiger partial charge in [0.2, 0.25) is 0 Å². The fourth-order valence-corrected chi connectivity index (χ4v) is 2.20. The van der Waals surface area contributed by atoms with E-state index in [9.17, 15) is 4.79 Å². The molecule has 2 aromatic carbocycles. The summed E-state index contributed by atoms with van der Waals surface area (Å²) in [6, 6.07) is 11.2. The third kappa shape index (κ3) is 1.40. The van der Waals surface area contributed by atoms with Crippen LogP contribution in [0.1, 0.15) is 5.56 Å². The average molecular weight is 224 g/mol. The molecule has 0 saturated carbocycles. The number of aromatic nitrogens is 1. The van der Waals surface area contributed by atoms with Gasteiger partial charge in [0.1, 0.15) is 0 Å². The fraction of sp³-hybridized carbons (Fsp3) is 0.0714. The average Bonchev–Trinajstić information content (AvgIpc) is 2.31. The second-order valence-electron chi connectivity index (χ2n) is 4.28. The summed E-state index contributed by atoms with van der Waals surface area (Å²) in [5, 5.41) is 1.35. The lowest BCUT2D eigenvalue weighted by Gasteiger charge is -2.06. The molecule has 3 nitrogen and oxygen atoms in total. The van der Waals surface area contributed by atoms with Gasteiger partial charge in [0.25, 0.3) is 0 Å². The van der Waals surface area contributed by atoms with Crippen LogP contribution in [0.25, 0.3) is 21.8 Å². The Balaban J connectivity index is 2.64. The number of hydrogen-bond donors (Lipinski definition) is 2. The van der Waals surface area contributed by atoms with Crippen LogP contribution in [0.5, 0.6) is 0 Å². The number of nitrogen functional groups attached to an aromatic ring is 1. The zero-order valence-corrected chi connectivity index (χ0v) is 9.45. The first-order valence-corrected chi connectivity index (χ1v) is 5.47. The predicted octanol–water partition coefficient (Wildman–Crippen LogP) is 2.57. The molecule has 0 aliphatic heterocycles. The molecule has 0 saturated heterocycles. The van der Waals surface area contributed by atoms with Gasteiger partial charge in [-0.05, 0) is 36.8 Å². The van der Waals surface area contributed by atoms with Crippen molar-refractivity contribution in [2.45, 2.75) is 6.92 Å². The molecule has 0 amide bonds. The maximum Gasteiger partial charge on any atom is 0.197 e. The maximum atomic E-state index is 12.3. The van der Waals surface area contributed by atoms with Crippen LogP contribution < -0.4 is 11.2 Å². The minimum absolute atomic E-state index is 0.0322. The number of fused-ring (bicyclic) bond motifs is 2. The summed E-state index contributed by atoms with van der Waals surface area (Å²) in [5.41, 5.74) is 9.13. The number of nitrogens with two attached hydrogens (primary N) is 1. The quantitative estimate of drug-likeness (QED) is 0.455. The summed E-state index contributed by atoms with van der Waals surface area (Å²) in [6.45, 7) is 1.93. The van der Waals surface area contributed by atoms with Crippen LogP contribution in [0.4, 0.5) is 5.69 Å². The van der Waals surface area contributed by atoms with Gasteiger partial charge in [-0.3, -0.25) is 4.79 Å². The molecule has 3 heteroatoms. The summed E-state index contributed by atoms with van der Waals surface area (Å²) in [4.78, 5) is 15.5. The number of rotatable bonds is 0. The number of aromatic amines is 1. The number of para-hydroxylation sites is 1. The van der Waals surface area contributed by atoms with Crippen LogP contribution in [0.3, 0.4) is 0 Å². The van der Waals surface area contributed by atoms with E-state index in [1.165, 1.54) is 0 Å². The van der Waals surface area contributed by atoms with E-state index in [2.05, 4.69) is 4.98 Å². The zero-order chi connectivity index (χ0) is 12.0. The first kappa shape index (κ1) is 9.90. The first-order chi connectivity index (χ1) is 8.16. The molecule has 0 fully saturated rings. The number of nitrogens with one attached hydrogen (secondary N) is 1. The summed E-state index contributed by atoms with van der Waals surface area (Å²) >= 11 is 0. The van der Waals surface area contributed by atoms with E-state index in [-0.39, 0.29) is 5.43 Å². The summed E-state index contributed by atoms with van der Waals surface area (Å²) in [6.07, 6.45) is 0. The molecule has 0 spiro atoms. The van der Waals surface area contributed by atoms with Crippen LogP contribution in [0, 0.1) is 6.92 Å². The second-order valence-corrected chi connectivity index (χ2v) is 4.28. The normalized spacial score (nSPS) is 11.1. The van der Waals surface area contributed by atoms with Gasteiger partial charge < -0.3 is 10.7 Å². The molecule has 0 aliphatic carbocycles. The second kappa shape index (κ2) is 3.35. The van der Waals surface area contributed by atoms with Gasteiger partial charge in [-0.25, -0.2) is 0 Å². The highest BCUT2D eigenvalue weighted by atomic mass is 16.1. The summed E-state index contributed by atoms with van der Waals surface area (Å²) in [5.74, 6) is 0. The Kier molecular flexibility index (Phi) is 1.95. The molecule has 1 aromatic heterocycles. The van der Waals surface area contributed by atoms with Crippen molar-refractivity contribution in [1.29, 1.82) is 0 Å². The Morgan fingerprint density at radius 2 is 1.88 bits per heavy atom. The smallest absolute Gasteiger partial charge is 0.197 e. The number of hydrogen-bond acceptors (Lipinski definition) is 2. The summed E-state index contributed by atoms with van der Waals surface area (Å²) < 4.78 is 0. The minimum Gasteiger partial charge on any atom is -0.397 e. The summed E-state index contributed by atoms with van der Waals surface area (Å²) in [7, 11) is 0. The van der Waals surface area contributed by atoms with Gasteiger partial charge in [-0.2, -0.15) is 0 Å². The molecule has 0 unspecified atom stereocenters. The van der Waals surface area contributed by atoms with Crippen LogP contribution in [-0.2, 0) is 0 Å². The Bertz CT molecular complexity index is 787. The van der Waals surface area contributed by atoms with Crippen molar-refractivity contribution >= 4 is 27.5 Å². The molecule has 0 atom stereocenters. The Morgan fingerprint density at radius 1 is 1.12 bits per heavy atom. The fourth-order valence-electron chi connectivity index (χ4n) is 2.20. The van der Waals surface area contributed by atoms with Crippen molar-refractivity contribution in [2.24, 2.45) is 0 Å². The van der Waals surface area contributed by atoms with Crippen molar-refractivity contribution in [2.75, 3.05) is 5.73 Å². The molecular formula is C14H12N2O. The van der Waals surface area contributed by atoms with Gasteiger partial charge in [0, 0.05) is 16.3 Å². The zero-order valence-electron chi connectivity index (χ0n) is 9.45. The lowest BCUT2D eigenvalue weighted by Crippen LogP contribution is -2.06. The van der Waals surface area contributed by atoms with Gasteiger partial charge in [-0.1, -0.05) is 12.1 Å². The largest absolute Gasteiger partial charge is 0.397 e. The highest BCUT2D eigenvalue weighted by Gasteiger charge is 2.07. The lowest BCUT2D eigenvalue weighted by molar-refractivity contribution is 1.44.